The Hall–Kier alpha value is -1.95. The number of aromatic nitrogens is 2. The average molecular weight is 291 g/mol. The number of rotatable bonds is 4. The van der Waals surface area contributed by atoms with Crippen LogP contribution in [-0.4, -0.2) is 15.5 Å². The molecule has 0 aliphatic carbocycles. The zero-order chi connectivity index (χ0) is 14.7. The molecular weight excluding hydrogens is 274 g/mol. The van der Waals surface area contributed by atoms with E-state index >= 15 is 0 Å². The Morgan fingerprint density at radius 2 is 2.20 bits per heavy atom. The molecule has 0 fully saturated rings. The van der Waals surface area contributed by atoms with Gasteiger partial charge < -0.3 is 9.88 Å². The number of hydrogen-bond donors (Lipinski definition) is 1. The normalized spacial score (nSPS) is 10.6. The number of carbonyl (C=O) groups excluding carboxylic acids is 1. The van der Waals surface area contributed by atoms with Crippen molar-refractivity contribution in [1.82, 2.24) is 9.55 Å². The highest BCUT2D eigenvalue weighted by molar-refractivity contribution is 7.13. The molecule has 0 saturated heterocycles. The Kier molecular flexibility index (Phi) is 4.34. The molecule has 0 unspecified atom stereocenters. The third-order valence-electron chi connectivity index (χ3n) is 2.85. The number of amides is 1. The summed E-state index contributed by atoms with van der Waals surface area (Å²) in [5.74, 6) is -0.180. The van der Waals surface area contributed by atoms with Crippen molar-refractivity contribution in [2.24, 2.45) is 7.05 Å². The van der Waals surface area contributed by atoms with Crippen LogP contribution in [0, 0.1) is 6.92 Å². The average Bonchev–Trinajstić information content (AvgIpc) is 2.75. The van der Waals surface area contributed by atoms with E-state index in [-0.39, 0.29) is 11.5 Å². The van der Waals surface area contributed by atoms with E-state index in [1.54, 1.807) is 19.3 Å². The van der Waals surface area contributed by atoms with Gasteiger partial charge in [-0.25, -0.2) is 4.98 Å². The van der Waals surface area contributed by atoms with E-state index in [9.17, 15) is 9.59 Å². The summed E-state index contributed by atoms with van der Waals surface area (Å²) in [5, 5.41) is 3.78. The minimum absolute atomic E-state index is 0.109. The fourth-order valence-corrected chi connectivity index (χ4v) is 2.90. The van der Waals surface area contributed by atoms with Crippen molar-refractivity contribution in [1.29, 1.82) is 0 Å². The van der Waals surface area contributed by atoms with Gasteiger partial charge in [-0.15, -0.1) is 11.3 Å². The first-order valence-electron chi connectivity index (χ1n) is 6.45. The molecule has 2 heterocycles. The van der Waals surface area contributed by atoms with Gasteiger partial charge in [0.1, 0.15) is 4.88 Å². The first-order valence-corrected chi connectivity index (χ1v) is 7.27. The zero-order valence-corrected chi connectivity index (χ0v) is 12.6. The van der Waals surface area contributed by atoms with E-state index < -0.39 is 0 Å². The number of anilines is 1. The van der Waals surface area contributed by atoms with Crippen LogP contribution >= 0.6 is 11.3 Å². The number of aryl methyl sites for hydroxylation is 3. The minimum Gasteiger partial charge on any atom is -0.320 e. The molecule has 2 aromatic heterocycles. The molecule has 1 amide bonds. The Balaban J connectivity index is 2.19. The predicted molar refractivity (Wildman–Crippen MR) is 80.5 cm³/mol. The molecule has 1 N–H and O–H groups in total. The summed E-state index contributed by atoms with van der Waals surface area (Å²) in [6.07, 6.45) is 3.50. The van der Waals surface area contributed by atoms with Crippen LogP contribution in [0.1, 0.15) is 33.7 Å². The van der Waals surface area contributed by atoms with Crippen molar-refractivity contribution in [3.63, 3.8) is 0 Å². The summed E-state index contributed by atoms with van der Waals surface area (Å²) < 4.78 is 1.43. The second kappa shape index (κ2) is 6.00. The molecule has 0 saturated carbocycles. The number of hydrogen-bond acceptors (Lipinski definition) is 4. The lowest BCUT2D eigenvalue weighted by Gasteiger charge is -2.05. The Morgan fingerprint density at radius 1 is 1.45 bits per heavy atom. The van der Waals surface area contributed by atoms with Gasteiger partial charge >= 0.3 is 0 Å². The number of nitrogens with one attached hydrogen (secondary N) is 1. The van der Waals surface area contributed by atoms with Crippen LogP contribution in [0.5, 0.6) is 0 Å². The maximum absolute atomic E-state index is 12.2. The molecule has 0 bridgehead atoms. The lowest BCUT2D eigenvalue weighted by atomic mass is 10.3. The van der Waals surface area contributed by atoms with Crippen LogP contribution < -0.4 is 10.9 Å². The molecule has 5 nitrogen and oxygen atoms in total. The standard InChI is InChI=1S/C14H17N3O2S/c1-4-5-11-15-9(2)13(20-11)14(19)16-10-6-7-12(18)17(3)8-10/h6-8H,4-5H2,1-3H3,(H,16,19). The lowest BCUT2D eigenvalue weighted by molar-refractivity contribution is 0.102. The highest BCUT2D eigenvalue weighted by Crippen LogP contribution is 2.20. The van der Waals surface area contributed by atoms with Crippen LogP contribution in [-0.2, 0) is 13.5 Å². The van der Waals surface area contributed by atoms with E-state index in [1.807, 2.05) is 6.92 Å². The van der Waals surface area contributed by atoms with E-state index in [2.05, 4.69) is 17.2 Å². The van der Waals surface area contributed by atoms with Gasteiger partial charge in [0, 0.05) is 19.3 Å². The van der Waals surface area contributed by atoms with Gasteiger partial charge in [0.25, 0.3) is 5.91 Å². The summed E-state index contributed by atoms with van der Waals surface area (Å²) in [4.78, 5) is 28.5. The third kappa shape index (κ3) is 3.14. The largest absolute Gasteiger partial charge is 0.320 e. The van der Waals surface area contributed by atoms with Gasteiger partial charge in [0.2, 0.25) is 5.56 Å². The van der Waals surface area contributed by atoms with Crippen molar-refractivity contribution in [2.75, 3.05) is 5.32 Å². The summed E-state index contributed by atoms with van der Waals surface area (Å²) >= 11 is 1.43. The fraction of sp³-hybridized carbons (Fsp3) is 0.357. The Morgan fingerprint density at radius 3 is 2.85 bits per heavy atom. The maximum Gasteiger partial charge on any atom is 0.267 e. The summed E-state index contributed by atoms with van der Waals surface area (Å²) in [6.45, 7) is 3.92. The maximum atomic E-state index is 12.2. The topological polar surface area (TPSA) is 64.0 Å². The molecule has 106 valence electrons. The molecule has 6 heteroatoms. The van der Waals surface area contributed by atoms with E-state index in [1.165, 1.54) is 22.0 Å². The SMILES string of the molecule is CCCc1nc(C)c(C(=O)Nc2ccc(=O)n(C)c2)s1. The molecule has 0 atom stereocenters. The van der Waals surface area contributed by atoms with Gasteiger partial charge in [-0.3, -0.25) is 9.59 Å². The van der Waals surface area contributed by atoms with Crippen molar-refractivity contribution >= 4 is 22.9 Å². The van der Waals surface area contributed by atoms with E-state index in [4.69, 9.17) is 0 Å². The van der Waals surface area contributed by atoms with E-state index in [0.29, 0.717) is 10.6 Å². The highest BCUT2D eigenvalue weighted by atomic mass is 32.1. The minimum atomic E-state index is -0.180. The molecule has 0 radical (unpaired) electrons. The molecule has 0 aromatic carbocycles. The van der Waals surface area contributed by atoms with Gasteiger partial charge in [-0.05, 0) is 25.8 Å². The quantitative estimate of drug-likeness (QED) is 0.940. The first kappa shape index (κ1) is 14.5. The number of thiazole rings is 1. The van der Waals surface area contributed by atoms with Crippen LogP contribution in [0.25, 0.3) is 0 Å². The zero-order valence-electron chi connectivity index (χ0n) is 11.8. The molecule has 2 aromatic rings. The van der Waals surface area contributed by atoms with Gasteiger partial charge in [0.15, 0.2) is 0 Å². The number of carbonyl (C=O) groups is 1. The fourth-order valence-electron chi connectivity index (χ4n) is 1.84. The highest BCUT2D eigenvalue weighted by Gasteiger charge is 2.15. The third-order valence-corrected chi connectivity index (χ3v) is 4.07. The summed E-state index contributed by atoms with van der Waals surface area (Å²) in [6, 6.07) is 3.03. The van der Waals surface area contributed by atoms with Crippen LogP contribution in [0.15, 0.2) is 23.1 Å². The van der Waals surface area contributed by atoms with Gasteiger partial charge in [-0.1, -0.05) is 6.92 Å². The summed E-state index contributed by atoms with van der Waals surface area (Å²) in [7, 11) is 1.65. The number of pyridine rings is 1. The summed E-state index contributed by atoms with van der Waals surface area (Å²) in [5.41, 5.74) is 1.24. The van der Waals surface area contributed by atoms with Gasteiger partial charge in [0.05, 0.1) is 16.4 Å². The molecular formula is C14H17N3O2S. The van der Waals surface area contributed by atoms with Crippen molar-refractivity contribution < 1.29 is 4.79 Å². The second-order valence-electron chi connectivity index (χ2n) is 4.59. The van der Waals surface area contributed by atoms with Crippen molar-refractivity contribution in [3.8, 4) is 0 Å². The van der Waals surface area contributed by atoms with Crippen LogP contribution in [0.3, 0.4) is 0 Å². The van der Waals surface area contributed by atoms with Crippen molar-refractivity contribution in [3.05, 3.63) is 44.3 Å². The Bertz CT molecular complexity index is 688. The lowest BCUT2D eigenvalue weighted by Crippen LogP contribution is -2.17. The Labute approximate surface area is 121 Å². The number of nitrogens with zero attached hydrogens (tertiary/aromatic N) is 2. The molecule has 20 heavy (non-hydrogen) atoms. The van der Waals surface area contributed by atoms with Crippen molar-refractivity contribution in [2.45, 2.75) is 26.7 Å². The molecule has 0 aliphatic heterocycles. The monoisotopic (exact) mass is 291 g/mol. The van der Waals surface area contributed by atoms with E-state index in [0.717, 1.165) is 23.5 Å². The molecule has 2 rings (SSSR count). The van der Waals surface area contributed by atoms with Crippen LogP contribution in [0.2, 0.25) is 0 Å². The predicted octanol–water partition coefficient (Wildman–Crippen LogP) is 2.36. The molecule has 0 aliphatic rings. The van der Waals surface area contributed by atoms with Gasteiger partial charge in [-0.2, -0.15) is 0 Å². The smallest absolute Gasteiger partial charge is 0.267 e. The molecule has 0 spiro atoms. The second-order valence-corrected chi connectivity index (χ2v) is 5.68. The van der Waals surface area contributed by atoms with Crippen LogP contribution in [0.4, 0.5) is 5.69 Å². The first-order chi connectivity index (χ1) is 9.51.